The highest BCUT2D eigenvalue weighted by Gasteiger charge is 1.99. The molecule has 0 spiro atoms. The fraction of sp³-hybridized carbons (Fsp3) is 0.417. The second-order valence-electron chi connectivity index (χ2n) is 3.59. The maximum atomic E-state index is 4.54. The van der Waals surface area contributed by atoms with Crippen molar-refractivity contribution in [1.29, 1.82) is 0 Å². The van der Waals surface area contributed by atoms with Crippen molar-refractivity contribution >= 4 is 35.1 Å². The van der Waals surface area contributed by atoms with E-state index in [1.54, 1.807) is 22.7 Å². The maximum Gasteiger partial charge on any atom is 0.0925 e. The van der Waals surface area contributed by atoms with Gasteiger partial charge in [0.2, 0.25) is 0 Å². The number of hydrogen-bond donors (Lipinski definition) is 1. The standard InChI is InChI=1S/C12H16N2S2.ClH/c1-2-12-14-10(9-16-12)5-6-13-8-11-4-3-7-15-11;/h3-4,7,9,13H,2,5-6,8H2,1H3;1H. The molecule has 0 bridgehead atoms. The van der Waals surface area contributed by atoms with Gasteiger partial charge in [0.15, 0.2) is 0 Å². The summed E-state index contributed by atoms with van der Waals surface area (Å²) in [6.07, 6.45) is 2.08. The second-order valence-corrected chi connectivity index (χ2v) is 5.57. The van der Waals surface area contributed by atoms with E-state index < -0.39 is 0 Å². The Bertz CT molecular complexity index is 412. The number of aromatic nitrogens is 1. The van der Waals surface area contributed by atoms with Gasteiger partial charge in [-0.2, -0.15) is 0 Å². The number of hydrogen-bond acceptors (Lipinski definition) is 4. The van der Waals surface area contributed by atoms with Crippen molar-refractivity contribution in [3.8, 4) is 0 Å². The molecular weight excluding hydrogens is 272 g/mol. The van der Waals surface area contributed by atoms with Crippen LogP contribution in [0.25, 0.3) is 0 Å². The highest BCUT2D eigenvalue weighted by molar-refractivity contribution is 7.10. The molecule has 5 heteroatoms. The van der Waals surface area contributed by atoms with E-state index in [9.17, 15) is 0 Å². The van der Waals surface area contributed by atoms with Gasteiger partial charge >= 0.3 is 0 Å². The Labute approximate surface area is 117 Å². The average Bonchev–Trinajstić information content (AvgIpc) is 2.95. The van der Waals surface area contributed by atoms with Gasteiger partial charge < -0.3 is 5.32 Å². The molecule has 94 valence electrons. The molecule has 2 aromatic heterocycles. The highest BCUT2D eigenvalue weighted by Crippen LogP contribution is 2.10. The van der Waals surface area contributed by atoms with Crippen molar-refractivity contribution in [2.45, 2.75) is 26.3 Å². The first-order valence-electron chi connectivity index (χ1n) is 5.55. The molecule has 0 aliphatic carbocycles. The van der Waals surface area contributed by atoms with E-state index >= 15 is 0 Å². The van der Waals surface area contributed by atoms with E-state index in [1.165, 1.54) is 15.6 Å². The third-order valence-electron chi connectivity index (χ3n) is 2.34. The lowest BCUT2D eigenvalue weighted by Gasteiger charge is -2.00. The number of aryl methyl sites for hydroxylation is 1. The lowest BCUT2D eigenvalue weighted by atomic mass is 10.3. The van der Waals surface area contributed by atoms with Crippen molar-refractivity contribution in [1.82, 2.24) is 10.3 Å². The third kappa shape index (κ3) is 4.76. The van der Waals surface area contributed by atoms with E-state index in [2.05, 4.69) is 40.1 Å². The van der Waals surface area contributed by atoms with Crippen molar-refractivity contribution in [2.24, 2.45) is 0 Å². The summed E-state index contributed by atoms with van der Waals surface area (Å²) in [5.74, 6) is 0. The van der Waals surface area contributed by atoms with E-state index in [0.717, 1.165) is 25.9 Å². The molecular formula is C12H17ClN2S2. The van der Waals surface area contributed by atoms with Crippen molar-refractivity contribution in [3.63, 3.8) is 0 Å². The minimum Gasteiger partial charge on any atom is -0.311 e. The van der Waals surface area contributed by atoms with Crippen LogP contribution in [0.2, 0.25) is 0 Å². The molecule has 0 saturated heterocycles. The lowest BCUT2D eigenvalue weighted by Crippen LogP contribution is -2.16. The predicted octanol–water partition coefficient (Wildman–Crippen LogP) is 3.52. The Hall–Kier alpha value is -0.420. The van der Waals surface area contributed by atoms with Crippen LogP contribution in [0.5, 0.6) is 0 Å². The minimum absolute atomic E-state index is 0. The number of nitrogens with zero attached hydrogens (tertiary/aromatic N) is 1. The molecule has 0 fully saturated rings. The van der Waals surface area contributed by atoms with Gasteiger partial charge in [-0.25, -0.2) is 4.98 Å². The fourth-order valence-electron chi connectivity index (χ4n) is 1.47. The molecule has 0 atom stereocenters. The van der Waals surface area contributed by atoms with Gasteiger partial charge in [0.25, 0.3) is 0 Å². The Morgan fingerprint density at radius 3 is 2.88 bits per heavy atom. The number of thiophene rings is 1. The summed E-state index contributed by atoms with van der Waals surface area (Å²) < 4.78 is 0. The SMILES string of the molecule is CCc1nc(CCNCc2cccs2)cs1.Cl. The molecule has 2 heterocycles. The van der Waals surface area contributed by atoms with E-state index in [4.69, 9.17) is 0 Å². The summed E-state index contributed by atoms with van der Waals surface area (Å²) in [6, 6.07) is 4.26. The molecule has 0 radical (unpaired) electrons. The summed E-state index contributed by atoms with van der Waals surface area (Å²) in [4.78, 5) is 5.94. The van der Waals surface area contributed by atoms with Crippen LogP contribution in [0.1, 0.15) is 22.5 Å². The van der Waals surface area contributed by atoms with Gasteiger partial charge in [-0.15, -0.1) is 35.1 Å². The summed E-state index contributed by atoms with van der Waals surface area (Å²) in [6.45, 7) is 4.13. The van der Waals surface area contributed by atoms with Crippen LogP contribution < -0.4 is 5.32 Å². The Balaban J connectivity index is 0.00000144. The van der Waals surface area contributed by atoms with Gasteiger partial charge in [-0.1, -0.05) is 13.0 Å². The second kappa shape index (κ2) is 7.82. The Kier molecular flexibility index (Phi) is 6.73. The van der Waals surface area contributed by atoms with Gasteiger partial charge in [-0.05, 0) is 17.9 Å². The smallest absolute Gasteiger partial charge is 0.0925 e. The van der Waals surface area contributed by atoms with Crippen LogP contribution in [0.15, 0.2) is 22.9 Å². The first-order valence-corrected chi connectivity index (χ1v) is 7.31. The minimum atomic E-state index is 0. The number of thiazole rings is 1. The largest absolute Gasteiger partial charge is 0.311 e. The molecule has 0 saturated carbocycles. The molecule has 0 amide bonds. The van der Waals surface area contributed by atoms with E-state index in [0.29, 0.717) is 0 Å². The van der Waals surface area contributed by atoms with Crippen LogP contribution in [-0.4, -0.2) is 11.5 Å². The van der Waals surface area contributed by atoms with Crippen LogP contribution in [0.4, 0.5) is 0 Å². The molecule has 1 N–H and O–H groups in total. The van der Waals surface area contributed by atoms with Gasteiger partial charge in [0.1, 0.15) is 0 Å². The number of halogens is 1. The Morgan fingerprint density at radius 2 is 2.24 bits per heavy atom. The zero-order chi connectivity index (χ0) is 11.2. The summed E-state index contributed by atoms with van der Waals surface area (Å²) in [5.41, 5.74) is 1.22. The monoisotopic (exact) mass is 288 g/mol. The van der Waals surface area contributed by atoms with E-state index in [-0.39, 0.29) is 12.4 Å². The molecule has 0 aliphatic heterocycles. The molecule has 0 aromatic carbocycles. The molecule has 0 unspecified atom stereocenters. The number of nitrogens with one attached hydrogen (secondary N) is 1. The summed E-state index contributed by atoms with van der Waals surface area (Å²) in [7, 11) is 0. The molecule has 2 nitrogen and oxygen atoms in total. The highest BCUT2D eigenvalue weighted by atomic mass is 35.5. The lowest BCUT2D eigenvalue weighted by molar-refractivity contribution is 0.687. The van der Waals surface area contributed by atoms with E-state index in [1.807, 2.05) is 0 Å². The van der Waals surface area contributed by atoms with Crippen molar-refractivity contribution in [2.75, 3.05) is 6.54 Å². The number of rotatable bonds is 6. The molecule has 2 aromatic rings. The normalized spacial score (nSPS) is 10.2. The predicted molar refractivity (Wildman–Crippen MR) is 78.5 cm³/mol. The van der Waals surface area contributed by atoms with Crippen molar-refractivity contribution < 1.29 is 0 Å². The first kappa shape index (κ1) is 14.6. The molecule has 0 aliphatic rings. The zero-order valence-electron chi connectivity index (χ0n) is 9.81. The zero-order valence-corrected chi connectivity index (χ0v) is 12.3. The molecule has 17 heavy (non-hydrogen) atoms. The average molecular weight is 289 g/mol. The fourth-order valence-corrected chi connectivity index (χ4v) is 2.92. The first-order chi connectivity index (χ1) is 7.88. The van der Waals surface area contributed by atoms with Gasteiger partial charge in [-0.3, -0.25) is 0 Å². The van der Waals surface area contributed by atoms with Crippen molar-refractivity contribution in [3.05, 3.63) is 38.5 Å². The topological polar surface area (TPSA) is 24.9 Å². The van der Waals surface area contributed by atoms with Crippen LogP contribution in [0, 0.1) is 0 Å². The van der Waals surface area contributed by atoms with Gasteiger partial charge in [0.05, 0.1) is 10.7 Å². The van der Waals surface area contributed by atoms with Crippen LogP contribution in [-0.2, 0) is 19.4 Å². The third-order valence-corrected chi connectivity index (χ3v) is 4.26. The van der Waals surface area contributed by atoms with Crippen LogP contribution in [0.3, 0.4) is 0 Å². The van der Waals surface area contributed by atoms with Crippen LogP contribution >= 0.6 is 35.1 Å². The Morgan fingerprint density at radius 1 is 1.35 bits per heavy atom. The maximum absolute atomic E-state index is 4.54. The van der Waals surface area contributed by atoms with Gasteiger partial charge in [0, 0.05) is 29.8 Å². The molecule has 2 rings (SSSR count). The summed E-state index contributed by atoms with van der Waals surface area (Å²) >= 11 is 3.57. The quantitative estimate of drug-likeness (QED) is 0.823. The summed E-state index contributed by atoms with van der Waals surface area (Å²) in [5, 5.41) is 8.97.